The molecule has 0 aliphatic heterocycles. The molecule has 0 unspecified atom stereocenters. The normalized spacial score (nSPS) is 10.4. The SMILES string of the molecule is CCN(CC)CCOC(=O)c1ccc(N)cc1.Cl.Cn1c(=O)c2c(ncn2C)n(C)c1=O. The number of likely N-dealkylation sites (N-methyl/N-ethyl adjacent to an activating group) is 1. The molecule has 0 radical (unpaired) electrons. The van der Waals surface area contributed by atoms with Crippen LogP contribution in [-0.4, -0.2) is 55.8 Å². The molecule has 2 N–H and O–H groups in total. The van der Waals surface area contributed by atoms with E-state index in [1.807, 2.05) is 0 Å². The number of anilines is 1. The number of esters is 1. The summed E-state index contributed by atoms with van der Waals surface area (Å²) in [7, 11) is 4.77. The van der Waals surface area contributed by atoms with Crippen LogP contribution in [0.15, 0.2) is 40.2 Å². The summed E-state index contributed by atoms with van der Waals surface area (Å²) in [5.74, 6) is -0.294. The molecule has 0 aliphatic carbocycles. The first kappa shape index (κ1) is 26.9. The first-order valence-corrected chi connectivity index (χ1v) is 10.0. The zero-order chi connectivity index (χ0) is 23.1. The number of fused-ring (bicyclic) bond motifs is 1. The van der Waals surface area contributed by atoms with E-state index in [1.165, 1.54) is 17.9 Å². The zero-order valence-electron chi connectivity index (χ0n) is 19.1. The van der Waals surface area contributed by atoms with Crippen LogP contribution in [0.25, 0.3) is 11.2 Å². The molecular formula is C21H31ClN6O4. The third-order valence-corrected chi connectivity index (χ3v) is 5.00. The fraction of sp³-hybridized carbons (Fsp3) is 0.429. The van der Waals surface area contributed by atoms with E-state index in [-0.39, 0.29) is 29.6 Å². The minimum atomic E-state index is -0.360. The summed E-state index contributed by atoms with van der Waals surface area (Å²) < 4.78 is 9.22. The van der Waals surface area contributed by atoms with Crippen molar-refractivity contribution in [3.8, 4) is 0 Å². The van der Waals surface area contributed by atoms with Gasteiger partial charge in [-0.15, -0.1) is 12.4 Å². The van der Waals surface area contributed by atoms with Gasteiger partial charge in [-0.25, -0.2) is 14.6 Å². The number of hydrogen-bond acceptors (Lipinski definition) is 7. The molecule has 2 heterocycles. The highest BCUT2D eigenvalue weighted by atomic mass is 35.5. The fourth-order valence-corrected chi connectivity index (χ4v) is 2.98. The Bertz CT molecular complexity index is 1150. The van der Waals surface area contributed by atoms with Crippen molar-refractivity contribution in [1.82, 2.24) is 23.6 Å². The van der Waals surface area contributed by atoms with Crippen LogP contribution in [0, 0.1) is 0 Å². The van der Waals surface area contributed by atoms with Crippen LogP contribution in [-0.2, 0) is 25.9 Å². The first-order chi connectivity index (χ1) is 14.7. The second-order valence-electron chi connectivity index (χ2n) is 7.02. The molecule has 0 atom stereocenters. The van der Waals surface area contributed by atoms with Crippen molar-refractivity contribution in [3.63, 3.8) is 0 Å². The number of carbonyl (C=O) groups is 1. The molecule has 10 nitrogen and oxygen atoms in total. The number of carbonyl (C=O) groups excluding carboxylic acids is 1. The van der Waals surface area contributed by atoms with E-state index in [0.717, 1.165) is 24.2 Å². The minimum Gasteiger partial charge on any atom is -0.461 e. The van der Waals surface area contributed by atoms with E-state index >= 15 is 0 Å². The summed E-state index contributed by atoms with van der Waals surface area (Å²) in [5, 5.41) is 0. The van der Waals surface area contributed by atoms with Gasteiger partial charge in [0, 0.05) is 33.4 Å². The Morgan fingerprint density at radius 3 is 2.22 bits per heavy atom. The van der Waals surface area contributed by atoms with Crippen molar-refractivity contribution in [1.29, 1.82) is 0 Å². The number of benzene rings is 1. The average Bonchev–Trinajstić information content (AvgIpc) is 3.16. The van der Waals surface area contributed by atoms with Crippen LogP contribution in [0.4, 0.5) is 5.69 Å². The monoisotopic (exact) mass is 466 g/mol. The Labute approximate surface area is 192 Å². The number of nitrogen functional groups attached to an aromatic ring is 1. The smallest absolute Gasteiger partial charge is 0.338 e. The third kappa shape index (κ3) is 6.21. The van der Waals surface area contributed by atoms with Gasteiger partial charge in [0.1, 0.15) is 6.61 Å². The molecule has 0 fully saturated rings. The number of aryl methyl sites for hydroxylation is 2. The van der Waals surface area contributed by atoms with Crippen LogP contribution in [0.3, 0.4) is 0 Å². The maximum absolute atomic E-state index is 11.7. The van der Waals surface area contributed by atoms with E-state index in [0.29, 0.717) is 29.0 Å². The van der Waals surface area contributed by atoms with Crippen molar-refractivity contribution in [2.24, 2.45) is 21.1 Å². The van der Waals surface area contributed by atoms with Gasteiger partial charge in [-0.05, 0) is 37.4 Å². The maximum Gasteiger partial charge on any atom is 0.338 e. The fourth-order valence-electron chi connectivity index (χ4n) is 2.98. The number of imidazole rings is 1. The van der Waals surface area contributed by atoms with Gasteiger partial charge < -0.3 is 19.9 Å². The van der Waals surface area contributed by atoms with Crippen LogP contribution >= 0.6 is 12.4 Å². The quantitative estimate of drug-likeness (QED) is 0.427. The molecule has 0 saturated carbocycles. The van der Waals surface area contributed by atoms with Gasteiger partial charge in [-0.3, -0.25) is 13.9 Å². The average molecular weight is 467 g/mol. The van der Waals surface area contributed by atoms with E-state index in [9.17, 15) is 14.4 Å². The van der Waals surface area contributed by atoms with Crippen LogP contribution in [0.2, 0.25) is 0 Å². The summed E-state index contributed by atoms with van der Waals surface area (Å²) in [5.41, 5.74) is 6.91. The van der Waals surface area contributed by atoms with Gasteiger partial charge in [0.25, 0.3) is 5.56 Å². The number of hydrogen-bond donors (Lipinski definition) is 1. The van der Waals surface area contributed by atoms with Crippen LogP contribution in [0.1, 0.15) is 24.2 Å². The third-order valence-electron chi connectivity index (χ3n) is 5.00. The lowest BCUT2D eigenvalue weighted by Crippen LogP contribution is -2.37. The first-order valence-electron chi connectivity index (χ1n) is 10.0. The Morgan fingerprint density at radius 1 is 1.06 bits per heavy atom. The predicted octanol–water partition coefficient (Wildman–Crippen LogP) is 1.16. The maximum atomic E-state index is 11.7. The van der Waals surface area contributed by atoms with Gasteiger partial charge >= 0.3 is 11.7 Å². The standard InChI is InChI=1S/C13H20N2O2.C8H10N4O2.ClH/c1-3-15(4-2)9-10-17-13(16)11-5-7-12(14)8-6-11;1-10-4-9-6-5(10)7(13)12(3)8(14)11(6)2;/h5-8H,3-4,9-10,14H2,1-2H3;4H,1-3H3;1H. The lowest BCUT2D eigenvalue weighted by molar-refractivity contribution is 0.0466. The van der Waals surface area contributed by atoms with Crippen molar-refractivity contribution in [2.45, 2.75) is 13.8 Å². The molecular weight excluding hydrogens is 436 g/mol. The largest absolute Gasteiger partial charge is 0.461 e. The summed E-state index contributed by atoms with van der Waals surface area (Å²) >= 11 is 0. The van der Waals surface area contributed by atoms with Crippen molar-refractivity contribution in [2.75, 3.05) is 32.0 Å². The summed E-state index contributed by atoms with van der Waals surface area (Å²) in [4.78, 5) is 41.0. The number of halogens is 1. The summed E-state index contributed by atoms with van der Waals surface area (Å²) in [6.45, 7) is 7.31. The molecule has 11 heteroatoms. The number of aromatic nitrogens is 4. The molecule has 2 aromatic heterocycles. The van der Waals surface area contributed by atoms with Gasteiger partial charge in [-0.2, -0.15) is 0 Å². The molecule has 32 heavy (non-hydrogen) atoms. The Kier molecular flexibility index (Phi) is 10.1. The molecule has 1 aromatic carbocycles. The van der Waals surface area contributed by atoms with Gasteiger partial charge in [-0.1, -0.05) is 13.8 Å². The predicted molar refractivity (Wildman–Crippen MR) is 127 cm³/mol. The molecule has 0 saturated heterocycles. The number of ether oxygens (including phenoxy) is 1. The zero-order valence-corrected chi connectivity index (χ0v) is 19.9. The van der Waals surface area contributed by atoms with E-state index in [1.54, 1.807) is 42.9 Å². The molecule has 176 valence electrons. The van der Waals surface area contributed by atoms with Gasteiger partial charge in [0.15, 0.2) is 11.2 Å². The topological polar surface area (TPSA) is 117 Å². The second kappa shape index (κ2) is 12.1. The Balaban J connectivity index is 0.000000315. The number of rotatable bonds is 6. The highest BCUT2D eigenvalue weighted by Crippen LogP contribution is 2.07. The van der Waals surface area contributed by atoms with E-state index in [2.05, 4.69) is 23.7 Å². The number of nitrogens with two attached hydrogens (primary N) is 1. The number of nitrogens with zero attached hydrogens (tertiary/aromatic N) is 5. The summed E-state index contributed by atoms with van der Waals surface area (Å²) in [6, 6.07) is 6.74. The van der Waals surface area contributed by atoms with E-state index in [4.69, 9.17) is 10.5 Å². The highest BCUT2D eigenvalue weighted by molar-refractivity contribution is 5.89. The lowest BCUT2D eigenvalue weighted by atomic mass is 10.2. The van der Waals surface area contributed by atoms with Crippen molar-refractivity contribution < 1.29 is 9.53 Å². The van der Waals surface area contributed by atoms with E-state index < -0.39 is 0 Å². The van der Waals surface area contributed by atoms with Crippen LogP contribution in [0.5, 0.6) is 0 Å². The van der Waals surface area contributed by atoms with Crippen molar-refractivity contribution >= 4 is 35.2 Å². The van der Waals surface area contributed by atoms with Crippen LogP contribution < -0.4 is 17.0 Å². The Morgan fingerprint density at radius 2 is 1.66 bits per heavy atom. The minimum absolute atomic E-state index is 0. The molecule has 3 aromatic rings. The lowest BCUT2D eigenvalue weighted by Gasteiger charge is -2.17. The van der Waals surface area contributed by atoms with Gasteiger partial charge in [0.2, 0.25) is 0 Å². The summed E-state index contributed by atoms with van der Waals surface area (Å²) in [6.07, 6.45) is 1.52. The van der Waals surface area contributed by atoms with Gasteiger partial charge in [0.05, 0.1) is 11.9 Å². The Hall–Kier alpha value is -3.11. The second-order valence-corrected chi connectivity index (χ2v) is 7.02. The molecule has 0 aliphatic rings. The van der Waals surface area contributed by atoms with Crippen molar-refractivity contribution in [3.05, 3.63) is 57.0 Å². The molecule has 0 spiro atoms. The molecule has 3 rings (SSSR count). The molecule has 0 amide bonds. The highest BCUT2D eigenvalue weighted by Gasteiger charge is 2.11. The molecule has 0 bridgehead atoms.